The number of halogens is 1. The molecule has 5 rings (SSSR count). The van der Waals surface area contributed by atoms with E-state index in [1.807, 2.05) is 65.2 Å². The van der Waals surface area contributed by atoms with E-state index < -0.39 is 5.69 Å². The number of fused-ring (bicyclic) bond motifs is 1. The van der Waals surface area contributed by atoms with Crippen LogP contribution in [-0.2, 0) is 40.3 Å². The van der Waals surface area contributed by atoms with Crippen molar-refractivity contribution in [1.82, 2.24) is 23.6 Å². The Kier molecular flexibility index (Phi) is 7.08. The molecule has 3 aromatic carbocycles. The number of nitrogens with zero attached hydrogens (tertiary/aromatic N) is 5. The van der Waals surface area contributed by atoms with E-state index in [9.17, 15) is 9.59 Å². The van der Waals surface area contributed by atoms with Crippen molar-refractivity contribution in [1.29, 1.82) is 0 Å². The third-order valence-corrected chi connectivity index (χ3v) is 6.75. The van der Waals surface area contributed by atoms with E-state index in [4.69, 9.17) is 16.6 Å². The number of hydrogen-bond acceptors (Lipinski definition) is 4. The van der Waals surface area contributed by atoms with Crippen molar-refractivity contribution in [3.05, 3.63) is 133 Å². The van der Waals surface area contributed by atoms with Crippen molar-refractivity contribution in [2.45, 2.75) is 26.2 Å². The SMILES string of the molecule is Cn1c(=O)c2c(nc(CN(Cc3ccccc3)Cc3ccccc3)n2Cc2cccc(Cl)c2)n(C)c1=O. The minimum atomic E-state index is -0.401. The fourth-order valence-electron chi connectivity index (χ4n) is 4.65. The van der Waals surface area contributed by atoms with Gasteiger partial charge in [-0.3, -0.25) is 18.8 Å². The molecule has 2 heterocycles. The van der Waals surface area contributed by atoms with E-state index >= 15 is 0 Å². The second-order valence-corrected chi connectivity index (χ2v) is 9.67. The molecule has 8 heteroatoms. The zero-order valence-corrected chi connectivity index (χ0v) is 21.6. The molecule has 0 atom stereocenters. The van der Waals surface area contributed by atoms with Crippen LogP contribution < -0.4 is 11.2 Å². The zero-order valence-electron chi connectivity index (χ0n) is 20.8. The third-order valence-electron chi connectivity index (χ3n) is 6.52. The number of benzene rings is 3. The molecule has 2 aromatic heterocycles. The molecule has 0 saturated carbocycles. The van der Waals surface area contributed by atoms with Gasteiger partial charge in [0.05, 0.1) is 6.54 Å². The van der Waals surface area contributed by atoms with Crippen molar-refractivity contribution >= 4 is 22.8 Å². The smallest absolute Gasteiger partial charge is 0.317 e. The van der Waals surface area contributed by atoms with Gasteiger partial charge in [0.15, 0.2) is 11.2 Å². The predicted octanol–water partition coefficient (Wildman–Crippen LogP) is 4.34. The van der Waals surface area contributed by atoms with Crippen LogP contribution >= 0.6 is 11.6 Å². The lowest BCUT2D eigenvalue weighted by atomic mass is 10.1. The summed E-state index contributed by atoms with van der Waals surface area (Å²) in [6.07, 6.45) is 0. The molecular formula is C29H28ClN5O2. The van der Waals surface area contributed by atoms with Crippen molar-refractivity contribution in [3.63, 3.8) is 0 Å². The van der Waals surface area contributed by atoms with Crippen LogP contribution in [0.1, 0.15) is 22.5 Å². The topological polar surface area (TPSA) is 65.1 Å². The van der Waals surface area contributed by atoms with E-state index in [0.29, 0.717) is 48.2 Å². The summed E-state index contributed by atoms with van der Waals surface area (Å²) in [5, 5.41) is 0.624. The van der Waals surface area contributed by atoms with Gasteiger partial charge in [-0.25, -0.2) is 9.78 Å². The summed E-state index contributed by atoms with van der Waals surface area (Å²) in [7, 11) is 3.15. The highest BCUT2D eigenvalue weighted by Crippen LogP contribution is 2.20. The van der Waals surface area contributed by atoms with Gasteiger partial charge in [0.1, 0.15) is 5.82 Å². The first-order chi connectivity index (χ1) is 17.9. The lowest BCUT2D eigenvalue weighted by Gasteiger charge is -2.23. The molecular weight excluding hydrogens is 486 g/mol. The summed E-state index contributed by atoms with van der Waals surface area (Å²) in [6, 6.07) is 28.1. The molecule has 0 aliphatic heterocycles. The number of aryl methyl sites for hydroxylation is 1. The van der Waals surface area contributed by atoms with E-state index in [-0.39, 0.29) is 5.56 Å². The summed E-state index contributed by atoms with van der Waals surface area (Å²) >= 11 is 6.27. The van der Waals surface area contributed by atoms with Crippen LogP contribution in [0, 0.1) is 0 Å². The molecule has 0 aliphatic rings. The van der Waals surface area contributed by atoms with Gasteiger partial charge in [-0.1, -0.05) is 84.4 Å². The van der Waals surface area contributed by atoms with E-state index in [1.54, 1.807) is 7.05 Å². The van der Waals surface area contributed by atoms with Crippen LogP contribution in [-0.4, -0.2) is 23.6 Å². The fraction of sp³-hybridized carbons (Fsp3) is 0.207. The van der Waals surface area contributed by atoms with E-state index in [1.165, 1.54) is 22.7 Å². The maximum absolute atomic E-state index is 13.3. The van der Waals surface area contributed by atoms with Gasteiger partial charge in [0, 0.05) is 38.8 Å². The second kappa shape index (κ2) is 10.6. The highest BCUT2D eigenvalue weighted by atomic mass is 35.5. The average Bonchev–Trinajstić information content (AvgIpc) is 3.25. The summed E-state index contributed by atoms with van der Waals surface area (Å²) in [6.45, 7) is 2.29. The Balaban J connectivity index is 1.62. The summed E-state index contributed by atoms with van der Waals surface area (Å²) < 4.78 is 4.49. The van der Waals surface area contributed by atoms with Crippen molar-refractivity contribution in [2.75, 3.05) is 0 Å². The first-order valence-electron chi connectivity index (χ1n) is 12.1. The average molecular weight is 514 g/mol. The standard InChI is InChI=1S/C29H28ClN5O2/c1-32-27-26(28(36)33(2)29(32)37)35(19-23-14-9-15-24(30)16-23)25(31-27)20-34(17-21-10-5-3-6-11-21)18-22-12-7-4-8-13-22/h3-16H,17-20H2,1-2H3. The predicted molar refractivity (Wildman–Crippen MR) is 147 cm³/mol. The van der Waals surface area contributed by atoms with Gasteiger partial charge in [-0.15, -0.1) is 0 Å². The van der Waals surface area contributed by atoms with Gasteiger partial charge in [-0.2, -0.15) is 0 Å². The molecule has 7 nitrogen and oxygen atoms in total. The number of imidazole rings is 1. The number of hydrogen-bond donors (Lipinski definition) is 0. The van der Waals surface area contributed by atoms with Crippen molar-refractivity contribution < 1.29 is 0 Å². The Labute approximate surface area is 219 Å². The van der Waals surface area contributed by atoms with Gasteiger partial charge in [0.25, 0.3) is 5.56 Å². The first-order valence-corrected chi connectivity index (χ1v) is 12.5. The lowest BCUT2D eigenvalue weighted by Crippen LogP contribution is -2.37. The Morgan fingerprint density at radius 3 is 1.95 bits per heavy atom. The van der Waals surface area contributed by atoms with Crippen molar-refractivity contribution in [2.24, 2.45) is 14.1 Å². The zero-order chi connectivity index (χ0) is 25.9. The monoisotopic (exact) mass is 513 g/mol. The first kappa shape index (κ1) is 24.7. The highest BCUT2D eigenvalue weighted by molar-refractivity contribution is 6.30. The van der Waals surface area contributed by atoms with Crippen molar-refractivity contribution in [3.8, 4) is 0 Å². The van der Waals surface area contributed by atoms with Crippen LogP contribution in [0.25, 0.3) is 11.2 Å². The third kappa shape index (κ3) is 5.28. The maximum Gasteiger partial charge on any atom is 0.332 e. The molecule has 37 heavy (non-hydrogen) atoms. The normalized spacial score (nSPS) is 11.5. The van der Waals surface area contributed by atoms with Gasteiger partial charge < -0.3 is 4.57 Å². The fourth-order valence-corrected chi connectivity index (χ4v) is 4.86. The second-order valence-electron chi connectivity index (χ2n) is 9.24. The van der Waals surface area contributed by atoms with Crippen LogP contribution in [0.4, 0.5) is 0 Å². The van der Waals surface area contributed by atoms with E-state index in [2.05, 4.69) is 29.2 Å². The van der Waals surface area contributed by atoms with Crippen LogP contribution in [0.2, 0.25) is 5.02 Å². The van der Waals surface area contributed by atoms with Crippen LogP contribution in [0.3, 0.4) is 0 Å². The summed E-state index contributed by atoms with van der Waals surface area (Å²) in [4.78, 5) is 33.1. The molecule has 0 aliphatic carbocycles. The molecule has 0 fully saturated rings. The maximum atomic E-state index is 13.3. The van der Waals surface area contributed by atoms with Gasteiger partial charge in [-0.05, 0) is 28.8 Å². The largest absolute Gasteiger partial charge is 0.332 e. The van der Waals surface area contributed by atoms with Crippen LogP contribution in [0.5, 0.6) is 0 Å². The summed E-state index contributed by atoms with van der Waals surface area (Å²) in [5.41, 5.74) is 3.32. The van der Waals surface area contributed by atoms with E-state index in [0.717, 1.165) is 10.1 Å². The van der Waals surface area contributed by atoms with Gasteiger partial charge >= 0.3 is 5.69 Å². The Morgan fingerprint density at radius 1 is 0.757 bits per heavy atom. The molecule has 0 saturated heterocycles. The molecule has 0 N–H and O–H groups in total. The lowest BCUT2D eigenvalue weighted by molar-refractivity contribution is 0.238. The Morgan fingerprint density at radius 2 is 1.35 bits per heavy atom. The quantitative estimate of drug-likeness (QED) is 0.310. The minimum Gasteiger partial charge on any atom is -0.317 e. The molecule has 0 unspecified atom stereocenters. The highest BCUT2D eigenvalue weighted by Gasteiger charge is 2.21. The molecule has 0 spiro atoms. The number of rotatable bonds is 8. The molecule has 0 amide bonds. The molecule has 0 bridgehead atoms. The molecule has 0 radical (unpaired) electrons. The summed E-state index contributed by atoms with van der Waals surface area (Å²) in [5.74, 6) is 0.708. The Bertz CT molecular complexity index is 1610. The molecule has 188 valence electrons. The molecule has 5 aromatic rings. The minimum absolute atomic E-state index is 0.364. The number of aromatic nitrogens is 4. The van der Waals surface area contributed by atoms with Gasteiger partial charge in [0.2, 0.25) is 0 Å². The Hall–Kier alpha value is -3.94. The van der Waals surface area contributed by atoms with Crippen LogP contribution in [0.15, 0.2) is 94.5 Å².